The van der Waals surface area contributed by atoms with Crippen LogP contribution in [0.25, 0.3) is 0 Å². The predicted molar refractivity (Wildman–Crippen MR) is 37.6 cm³/mol. The van der Waals surface area contributed by atoms with Gasteiger partial charge in [-0.15, -0.1) is 0 Å². The Morgan fingerprint density at radius 3 is 3.00 bits per heavy atom. The first-order valence-corrected chi connectivity index (χ1v) is 3.65. The van der Waals surface area contributed by atoms with Gasteiger partial charge in [-0.1, -0.05) is 0 Å². The Morgan fingerprint density at radius 1 is 1.60 bits per heavy atom. The molecular formula is C7H13NO2. The van der Waals surface area contributed by atoms with Gasteiger partial charge in [0.25, 0.3) is 6.47 Å². The van der Waals surface area contributed by atoms with E-state index in [0.717, 1.165) is 19.3 Å². The monoisotopic (exact) mass is 143 g/mol. The Morgan fingerprint density at radius 2 is 2.40 bits per heavy atom. The number of nitrogens with one attached hydrogen (secondary N) is 1. The highest BCUT2D eigenvalue weighted by atomic mass is 16.5. The molecule has 0 aromatic carbocycles. The fourth-order valence-corrected chi connectivity index (χ4v) is 1.49. The van der Waals surface area contributed by atoms with Gasteiger partial charge in [0, 0.05) is 6.04 Å². The molecule has 1 aliphatic carbocycles. The predicted octanol–water partition coefficient (Wildman–Crippen LogP) is 0.300. The molecule has 0 bridgehead atoms. The molecule has 2 atom stereocenters. The molecule has 3 heteroatoms. The van der Waals surface area contributed by atoms with Gasteiger partial charge >= 0.3 is 0 Å². The van der Waals surface area contributed by atoms with E-state index in [9.17, 15) is 4.79 Å². The molecule has 0 spiro atoms. The van der Waals surface area contributed by atoms with Crippen molar-refractivity contribution in [3.05, 3.63) is 0 Å². The van der Waals surface area contributed by atoms with Crippen LogP contribution in [0, 0.1) is 0 Å². The summed E-state index contributed by atoms with van der Waals surface area (Å²) in [5, 5.41) is 3.11. The summed E-state index contributed by atoms with van der Waals surface area (Å²) in [6.07, 6.45) is 3.39. The molecule has 1 saturated carbocycles. The molecule has 1 rings (SSSR count). The van der Waals surface area contributed by atoms with Crippen molar-refractivity contribution in [2.75, 3.05) is 7.05 Å². The summed E-state index contributed by atoms with van der Waals surface area (Å²) in [7, 11) is 1.90. The molecule has 1 aliphatic rings. The third-order valence-electron chi connectivity index (χ3n) is 2.05. The van der Waals surface area contributed by atoms with Gasteiger partial charge in [0.2, 0.25) is 0 Å². The number of rotatable bonds is 3. The van der Waals surface area contributed by atoms with Gasteiger partial charge in [0.1, 0.15) is 6.10 Å². The molecule has 1 fully saturated rings. The number of likely N-dealkylation sites (N-methyl/N-ethyl adjacent to an activating group) is 1. The summed E-state index contributed by atoms with van der Waals surface area (Å²) < 4.78 is 4.86. The summed E-state index contributed by atoms with van der Waals surface area (Å²) in [5.74, 6) is 0. The van der Waals surface area contributed by atoms with E-state index in [4.69, 9.17) is 4.74 Å². The van der Waals surface area contributed by atoms with Gasteiger partial charge in [-0.25, -0.2) is 0 Å². The Balaban J connectivity index is 2.34. The topological polar surface area (TPSA) is 38.3 Å². The first kappa shape index (κ1) is 7.54. The number of ether oxygens (including phenoxy) is 1. The zero-order chi connectivity index (χ0) is 7.40. The number of carbonyl (C=O) groups is 1. The average molecular weight is 143 g/mol. The molecule has 0 amide bonds. The minimum atomic E-state index is 0.113. The first-order valence-electron chi connectivity index (χ1n) is 3.65. The van der Waals surface area contributed by atoms with Gasteiger partial charge in [-0.05, 0) is 26.3 Å². The van der Waals surface area contributed by atoms with Crippen LogP contribution in [0.5, 0.6) is 0 Å². The van der Waals surface area contributed by atoms with Crippen LogP contribution in [0.2, 0.25) is 0 Å². The Hall–Kier alpha value is -0.570. The van der Waals surface area contributed by atoms with Crippen molar-refractivity contribution >= 4 is 6.47 Å². The summed E-state index contributed by atoms with van der Waals surface area (Å²) >= 11 is 0. The third kappa shape index (κ3) is 1.48. The molecule has 0 saturated heterocycles. The number of hydrogen-bond acceptors (Lipinski definition) is 3. The highest BCUT2D eigenvalue weighted by Crippen LogP contribution is 2.20. The molecule has 0 aliphatic heterocycles. The van der Waals surface area contributed by atoms with E-state index in [1.54, 1.807) is 0 Å². The lowest BCUT2D eigenvalue weighted by atomic mass is 10.2. The maximum absolute atomic E-state index is 9.97. The second-order valence-electron chi connectivity index (χ2n) is 2.60. The maximum Gasteiger partial charge on any atom is 0.293 e. The van der Waals surface area contributed by atoms with Crippen LogP contribution < -0.4 is 5.32 Å². The van der Waals surface area contributed by atoms with Crippen molar-refractivity contribution in [3.8, 4) is 0 Å². The Bertz CT molecular complexity index is 116. The van der Waals surface area contributed by atoms with E-state index in [0.29, 0.717) is 12.5 Å². The quantitative estimate of drug-likeness (QED) is 0.577. The number of carbonyl (C=O) groups excluding carboxylic acids is 1. The highest BCUT2D eigenvalue weighted by Gasteiger charge is 2.26. The SMILES string of the molecule is CNC1CCCC1OC=O. The van der Waals surface area contributed by atoms with Crippen molar-refractivity contribution in [3.63, 3.8) is 0 Å². The van der Waals surface area contributed by atoms with Gasteiger partial charge in [-0.2, -0.15) is 0 Å². The smallest absolute Gasteiger partial charge is 0.293 e. The fraction of sp³-hybridized carbons (Fsp3) is 0.857. The van der Waals surface area contributed by atoms with Gasteiger partial charge in [0.05, 0.1) is 0 Å². The molecule has 0 heterocycles. The van der Waals surface area contributed by atoms with Gasteiger partial charge in [0.15, 0.2) is 0 Å². The standard InChI is InChI=1S/C7H13NO2/c1-8-6-3-2-4-7(6)10-5-9/h5-8H,2-4H2,1H3. The lowest BCUT2D eigenvalue weighted by molar-refractivity contribution is -0.134. The van der Waals surface area contributed by atoms with Crippen LogP contribution in [0.4, 0.5) is 0 Å². The molecule has 10 heavy (non-hydrogen) atoms. The molecule has 3 nitrogen and oxygen atoms in total. The van der Waals surface area contributed by atoms with Crippen molar-refractivity contribution in [2.45, 2.75) is 31.4 Å². The van der Waals surface area contributed by atoms with E-state index in [1.165, 1.54) is 0 Å². The van der Waals surface area contributed by atoms with Crippen LogP contribution in [0.3, 0.4) is 0 Å². The van der Waals surface area contributed by atoms with Crippen LogP contribution in [0.1, 0.15) is 19.3 Å². The normalized spacial score (nSPS) is 32.1. The van der Waals surface area contributed by atoms with Crippen LogP contribution >= 0.6 is 0 Å². The van der Waals surface area contributed by atoms with E-state index in [-0.39, 0.29) is 6.10 Å². The van der Waals surface area contributed by atoms with E-state index < -0.39 is 0 Å². The van der Waals surface area contributed by atoms with Crippen LogP contribution in [0.15, 0.2) is 0 Å². The summed E-state index contributed by atoms with van der Waals surface area (Å²) in [6, 6.07) is 0.380. The largest absolute Gasteiger partial charge is 0.463 e. The molecule has 0 aromatic rings. The van der Waals surface area contributed by atoms with Gasteiger partial charge in [-0.3, -0.25) is 4.79 Å². The second-order valence-corrected chi connectivity index (χ2v) is 2.60. The van der Waals surface area contributed by atoms with Gasteiger partial charge < -0.3 is 10.1 Å². The lowest BCUT2D eigenvalue weighted by Gasteiger charge is -2.16. The molecular weight excluding hydrogens is 130 g/mol. The Labute approximate surface area is 60.7 Å². The van der Waals surface area contributed by atoms with E-state index in [1.807, 2.05) is 7.05 Å². The summed E-state index contributed by atoms with van der Waals surface area (Å²) in [6.45, 7) is 0.542. The molecule has 58 valence electrons. The average Bonchev–Trinajstić information content (AvgIpc) is 2.36. The lowest BCUT2D eigenvalue weighted by Crippen LogP contribution is -2.34. The number of hydrogen-bond donors (Lipinski definition) is 1. The molecule has 0 radical (unpaired) electrons. The summed E-state index contributed by atoms with van der Waals surface area (Å²) in [4.78, 5) is 9.97. The third-order valence-corrected chi connectivity index (χ3v) is 2.05. The van der Waals surface area contributed by atoms with Crippen molar-refractivity contribution in [1.82, 2.24) is 5.32 Å². The fourth-order valence-electron chi connectivity index (χ4n) is 1.49. The maximum atomic E-state index is 9.97. The van der Waals surface area contributed by atoms with Crippen molar-refractivity contribution in [2.24, 2.45) is 0 Å². The zero-order valence-corrected chi connectivity index (χ0v) is 6.17. The minimum Gasteiger partial charge on any atom is -0.463 e. The second kappa shape index (κ2) is 3.56. The summed E-state index contributed by atoms with van der Waals surface area (Å²) in [5.41, 5.74) is 0. The van der Waals surface area contributed by atoms with Crippen molar-refractivity contribution < 1.29 is 9.53 Å². The molecule has 1 N–H and O–H groups in total. The Kier molecular flexibility index (Phi) is 2.68. The van der Waals surface area contributed by atoms with E-state index in [2.05, 4.69) is 5.32 Å². The highest BCUT2D eigenvalue weighted by molar-refractivity contribution is 5.37. The minimum absolute atomic E-state index is 0.113. The van der Waals surface area contributed by atoms with Crippen LogP contribution in [-0.2, 0) is 9.53 Å². The molecule has 2 unspecified atom stereocenters. The zero-order valence-electron chi connectivity index (χ0n) is 6.17. The van der Waals surface area contributed by atoms with Crippen LogP contribution in [-0.4, -0.2) is 25.7 Å². The molecule has 0 aromatic heterocycles. The first-order chi connectivity index (χ1) is 4.88. The van der Waals surface area contributed by atoms with Crippen molar-refractivity contribution in [1.29, 1.82) is 0 Å². The van der Waals surface area contributed by atoms with E-state index >= 15 is 0 Å².